The summed E-state index contributed by atoms with van der Waals surface area (Å²) in [4.78, 5) is 10.1. The van der Waals surface area contributed by atoms with Gasteiger partial charge in [0.25, 0.3) is 20.2 Å². The predicted molar refractivity (Wildman–Crippen MR) is 93.1 cm³/mol. The minimum Gasteiger partial charge on any atom is -0.478 e. The van der Waals surface area contributed by atoms with Crippen molar-refractivity contribution in [3.05, 3.63) is 35.9 Å². The number of rotatable bonds is 8. The van der Waals surface area contributed by atoms with Crippen molar-refractivity contribution in [3.63, 3.8) is 0 Å². The molecule has 0 spiro atoms. The molecule has 26 heavy (non-hydrogen) atoms. The number of carboxylic acids is 1. The number of hydrogen-bond donors (Lipinski definition) is 1. The highest BCUT2D eigenvalue weighted by Crippen LogP contribution is 2.34. The molecule has 0 aliphatic carbocycles. The Morgan fingerprint density at radius 1 is 1.08 bits per heavy atom. The summed E-state index contributed by atoms with van der Waals surface area (Å²) in [7, 11) is -8.13. The molecular weight excluding hydrogens is 384 g/mol. The van der Waals surface area contributed by atoms with Crippen molar-refractivity contribution < 1.29 is 35.1 Å². The van der Waals surface area contributed by atoms with Crippen molar-refractivity contribution in [2.45, 2.75) is 29.6 Å². The third-order valence-electron chi connectivity index (χ3n) is 3.67. The van der Waals surface area contributed by atoms with Crippen LogP contribution < -0.4 is 0 Å². The number of aromatic carboxylic acids is 1. The molecule has 0 saturated carbocycles. The molecule has 0 bridgehead atoms. The van der Waals surface area contributed by atoms with Crippen LogP contribution in [-0.4, -0.2) is 41.6 Å². The van der Waals surface area contributed by atoms with Gasteiger partial charge in [-0.25, -0.2) is 4.79 Å². The number of carbonyl (C=O) groups is 1. The maximum Gasteiger partial charge on any atom is 0.336 e. The van der Waals surface area contributed by atoms with Crippen LogP contribution in [0.5, 0.6) is 0 Å². The lowest BCUT2D eigenvalue weighted by molar-refractivity contribution is 0.0698. The van der Waals surface area contributed by atoms with Gasteiger partial charge in [0.15, 0.2) is 0 Å². The van der Waals surface area contributed by atoms with Crippen LogP contribution in [0, 0.1) is 0 Å². The fourth-order valence-corrected chi connectivity index (χ4v) is 5.00. The lowest BCUT2D eigenvalue weighted by atomic mass is 10.0. The first-order chi connectivity index (χ1) is 12.2. The second-order valence-electron chi connectivity index (χ2n) is 5.35. The maximum absolute atomic E-state index is 12.7. The van der Waals surface area contributed by atoms with Gasteiger partial charge in [-0.15, -0.1) is 0 Å². The summed E-state index contributed by atoms with van der Waals surface area (Å²) in [6.07, 6.45) is 1.13. The average molecular weight is 402 g/mol. The molecular formula is C16H18O8S2. The SMILES string of the molecule is CCCCOS(=O)(=O)c1c(S(=O)(=O)OC)cc(C(=O)O)c2ccccc12. The van der Waals surface area contributed by atoms with Gasteiger partial charge < -0.3 is 5.11 Å². The Kier molecular flexibility index (Phi) is 6.02. The lowest BCUT2D eigenvalue weighted by Crippen LogP contribution is -2.16. The Balaban J connectivity index is 2.93. The zero-order valence-electron chi connectivity index (χ0n) is 14.1. The van der Waals surface area contributed by atoms with Gasteiger partial charge in [0, 0.05) is 5.39 Å². The molecule has 2 rings (SSSR count). The Morgan fingerprint density at radius 3 is 2.23 bits per heavy atom. The molecule has 0 aliphatic rings. The molecule has 0 unspecified atom stereocenters. The van der Waals surface area contributed by atoms with E-state index in [4.69, 9.17) is 4.18 Å². The van der Waals surface area contributed by atoms with Crippen LogP contribution in [0.3, 0.4) is 0 Å². The van der Waals surface area contributed by atoms with Crippen LogP contribution in [0.1, 0.15) is 30.1 Å². The van der Waals surface area contributed by atoms with E-state index in [1.165, 1.54) is 24.3 Å². The van der Waals surface area contributed by atoms with E-state index in [0.29, 0.717) is 12.8 Å². The van der Waals surface area contributed by atoms with Crippen LogP contribution in [-0.2, 0) is 28.6 Å². The standard InChI is InChI=1S/C16H18O8S2/c1-3-4-9-24-26(21,22)15-12-8-6-5-7-11(12)13(16(17)18)10-14(15)25(19,20)23-2/h5-8,10H,3-4,9H2,1-2H3,(H,17,18). The number of benzene rings is 2. The van der Waals surface area contributed by atoms with E-state index in [1.807, 2.05) is 6.92 Å². The van der Waals surface area contributed by atoms with Crippen LogP contribution in [0.2, 0.25) is 0 Å². The molecule has 0 heterocycles. The van der Waals surface area contributed by atoms with Gasteiger partial charge in [-0.05, 0) is 17.9 Å². The van der Waals surface area contributed by atoms with Crippen molar-refractivity contribution in [1.29, 1.82) is 0 Å². The molecule has 10 heteroatoms. The maximum atomic E-state index is 12.7. The predicted octanol–water partition coefficient (Wildman–Crippen LogP) is 2.38. The summed E-state index contributed by atoms with van der Waals surface area (Å²) in [5, 5.41) is 9.40. The molecule has 1 N–H and O–H groups in total. The van der Waals surface area contributed by atoms with E-state index >= 15 is 0 Å². The smallest absolute Gasteiger partial charge is 0.336 e. The molecule has 0 amide bonds. The quantitative estimate of drug-likeness (QED) is 0.527. The molecule has 0 aliphatic heterocycles. The number of unbranched alkanes of at least 4 members (excludes halogenated alkanes) is 1. The van der Waals surface area contributed by atoms with Crippen molar-refractivity contribution in [1.82, 2.24) is 0 Å². The molecule has 2 aromatic carbocycles. The van der Waals surface area contributed by atoms with E-state index in [2.05, 4.69) is 4.18 Å². The van der Waals surface area contributed by atoms with Crippen LogP contribution in [0.4, 0.5) is 0 Å². The van der Waals surface area contributed by atoms with E-state index in [1.54, 1.807) is 0 Å². The van der Waals surface area contributed by atoms with Crippen molar-refractivity contribution >= 4 is 37.0 Å². The van der Waals surface area contributed by atoms with Gasteiger partial charge in [0.05, 0.1) is 19.3 Å². The summed E-state index contributed by atoms with van der Waals surface area (Å²) in [5.74, 6) is -1.40. The largest absolute Gasteiger partial charge is 0.478 e. The molecule has 2 aromatic rings. The highest BCUT2D eigenvalue weighted by atomic mass is 32.2. The average Bonchev–Trinajstić information content (AvgIpc) is 2.60. The molecule has 0 atom stereocenters. The third-order valence-corrected chi connectivity index (χ3v) is 6.51. The van der Waals surface area contributed by atoms with E-state index in [-0.39, 0.29) is 22.9 Å². The molecule has 0 aromatic heterocycles. The van der Waals surface area contributed by atoms with E-state index < -0.39 is 36.0 Å². The van der Waals surface area contributed by atoms with Crippen LogP contribution in [0.15, 0.2) is 40.1 Å². The minimum atomic E-state index is -4.51. The zero-order chi connectivity index (χ0) is 19.5. The van der Waals surface area contributed by atoms with E-state index in [9.17, 15) is 26.7 Å². The summed E-state index contributed by atoms with van der Waals surface area (Å²) in [5.41, 5.74) is -0.358. The Labute approximate surface area is 151 Å². The highest BCUT2D eigenvalue weighted by Gasteiger charge is 2.32. The first-order valence-corrected chi connectivity index (χ1v) is 10.5. The number of carboxylic acid groups (broad SMARTS) is 1. The number of fused-ring (bicyclic) bond motifs is 1. The Bertz CT molecular complexity index is 1040. The zero-order valence-corrected chi connectivity index (χ0v) is 15.8. The van der Waals surface area contributed by atoms with Gasteiger partial charge >= 0.3 is 5.97 Å². The summed E-state index contributed by atoms with van der Waals surface area (Å²) in [6.45, 7) is 1.72. The van der Waals surface area contributed by atoms with E-state index in [0.717, 1.165) is 13.2 Å². The first-order valence-electron chi connectivity index (χ1n) is 7.64. The summed E-state index contributed by atoms with van der Waals surface area (Å²) < 4.78 is 59.3. The molecule has 0 radical (unpaired) electrons. The second kappa shape index (κ2) is 7.70. The fourth-order valence-electron chi connectivity index (χ4n) is 2.41. The van der Waals surface area contributed by atoms with Gasteiger partial charge in [-0.2, -0.15) is 16.8 Å². The normalized spacial score (nSPS) is 12.4. The third kappa shape index (κ3) is 3.88. The highest BCUT2D eigenvalue weighted by molar-refractivity contribution is 7.90. The van der Waals surface area contributed by atoms with Gasteiger partial charge in [-0.1, -0.05) is 37.6 Å². The van der Waals surface area contributed by atoms with Gasteiger partial charge in [-0.3, -0.25) is 8.37 Å². The van der Waals surface area contributed by atoms with Crippen molar-refractivity contribution in [2.24, 2.45) is 0 Å². The summed E-state index contributed by atoms with van der Waals surface area (Å²) in [6, 6.07) is 6.50. The van der Waals surface area contributed by atoms with Crippen molar-refractivity contribution in [3.8, 4) is 0 Å². The van der Waals surface area contributed by atoms with Crippen LogP contribution >= 0.6 is 0 Å². The molecule has 0 fully saturated rings. The van der Waals surface area contributed by atoms with Gasteiger partial charge in [0.1, 0.15) is 9.79 Å². The Morgan fingerprint density at radius 2 is 1.69 bits per heavy atom. The first kappa shape index (κ1) is 20.3. The van der Waals surface area contributed by atoms with Crippen LogP contribution in [0.25, 0.3) is 10.8 Å². The number of hydrogen-bond acceptors (Lipinski definition) is 7. The second-order valence-corrected chi connectivity index (χ2v) is 8.59. The lowest BCUT2D eigenvalue weighted by Gasteiger charge is -2.15. The minimum absolute atomic E-state index is 0.0699. The molecule has 0 saturated heterocycles. The fraction of sp³-hybridized carbons (Fsp3) is 0.312. The van der Waals surface area contributed by atoms with Gasteiger partial charge in [0.2, 0.25) is 0 Å². The Hall–Kier alpha value is -2.01. The van der Waals surface area contributed by atoms with Crippen molar-refractivity contribution in [2.75, 3.05) is 13.7 Å². The monoisotopic (exact) mass is 402 g/mol. The topological polar surface area (TPSA) is 124 Å². The molecule has 8 nitrogen and oxygen atoms in total. The molecule has 142 valence electrons. The summed E-state index contributed by atoms with van der Waals surface area (Å²) >= 11 is 0.